The van der Waals surface area contributed by atoms with Gasteiger partial charge in [0, 0.05) is 29.6 Å². The van der Waals surface area contributed by atoms with Crippen LogP contribution in [0, 0.1) is 0 Å². The smallest absolute Gasteiger partial charge is 0.407 e. The number of rotatable bonds is 9. The summed E-state index contributed by atoms with van der Waals surface area (Å²) in [5, 5.41) is 6.20. The second-order valence-electron chi connectivity index (χ2n) is 9.25. The Kier molecular flexibility index (Phi) is 9.08. The molecule has 1 aliphatic rings. The van der Waals surface area contributed by atoms with Crippen LogP contribution in [0.25, 0.3) is 11.3 Å². The van der Waals surface area contributed by atoms with Gasteiger partial charge in [0.15, 0.2) is 0 Å². The van der Waals surface area contributed by atoms with Crippen molar-refractivity contribution in [2.75, 3.05) is 18.0 Å². The Morgan fingerprint density at radius 3 is 2.74 bits per heavy atom. The summed E-state index contributed by atoms with van der Waals surface area (Å²) in [6, 6.07) is 5.78. The molecule has 186 valence electrons. The molecule has 1 aromatic heterocycles. The van der Waals surface area contributed by atoms with Crippen molar-refractivity contribution in [3.05, 3.63) is 34.2 Å². The first-order valence-electron chi connectivity index (χ1n) is 12.3. The van der Waals surface area contributed by atoms with E-state index in [-0.39, 0.29) is 24.1 Å². The molecular formula is C26H38N4O3S. The second-order valence-corrected chi connectivity index (χ2v) is 10.2. The molecule has 2 atom stereocenters. The van der Waals surface area contributed by atoms with Gasteiger partial charge in [-0.1, -0.05) is 26.3 Å². The van der Waals surface area contributed by atoms with Gasteiger partial charge in [0.25, 0.3) is 0 Å². The van der Waals surface area contributed by atoms with Gasteiger partial charge in [-0.15, -0.1) is 11.3 Å². The normalized spacial score (nSPS) is 17.7. The lowest BCUT2D eigenvalue weighted by molar-refractivity contribution is -0.117. The van der Waals surface area contributed by atoms with Crippen molar-refractivity contribution >= 4 is 29.0 Å². The molecule has 34 heavy (non-hydrogen) atoms. The molecule has 0 radical (unpaired) electrons. The van der Waals surface area contributed by atoms with E-state index in [1.165, 1.54) is 12.8 Å². The van der Waals surface area contributed by atoms with Gasteiger partial charge in [-0.3, -0.25) is 9.69 Å². The number of carbonyl (C=O) groups excluding carboxylic acids is 2. The Labute approximate surface area is 207 Å². The Morgan fingerprint density at radius 2 is 2.09 bits per heavy atom. The van der Waals surface area contributed by atoms with Gasteiger partial charge < -0.3 is 15.0 Å². The number of unbranched alkanes of at least 4 members (excludes halogenated alkanes) is 1. The lowest BCUT2D eigenvalue weighted by Gasteiger charge is -2.39. The molecule has 1 aromatic carbocycles. The van der Waals surface area contributed by atoms with E-state index in [0.29, 0.717) is 6.42 Å². The van der Waals surface area contributed by atoms with Crippen molar-refractivity contribution in [2.24, 2.45) is 0 Å². The van der Waals surface area contributed by atoms with Gasteiger partial charge >= 0.3 is 6.09 Å². The molecule has 2 heterocycles. The van der Waals surface area contributed by atoms with Gasteiger partial charge in [-0.05, 0) is 64.4 Å². The molecule has 8 heteroatoms. The highest BCUT2D eigenvalue weighted by Crippen LogP contribution is 2.40. The lowest BCUT2D eigenvalue weighted by atomic mass is 9.90. The van der Waals surface area contributed by atoms with Crippen LogP contribution in [0.3, 0.4) is 0 Å². The highest BCUT2D eigenvalue weighted by Gasteiger charge is 2.34. The van der Waals surface area contributed by atoms with Gasteiger partial charge in [0.05, 0.1) is 24.4 Å². The highest BCUT2D eigenvalue weighted by molar-refractivity contribution is 7.09. The third kappa shape index (κ3) is 6.36. The number of benzene rings is 1. The lowest BCUT2D eigenvalue weighted by Crippen LogP contribution is -2.45. The molecule has 2 aromatic rings. The summed E-state index contributed by atoms with van der Waals surface area (Å²) in [6.07, 6.45) is 2.35. The second kappa shape index (κ2) is 11.8. The van der Waals surface area contributed by atoms with Gasteiger partial charge in [0.1, 0.15) is 5.01 Å². The number of hydrogen-bond donors (Lipinski definition) is 1. The predicted molar refractivity (Wildman–Crippen MR) is 138 cm³/mol. The molecule has 0 spiro atoms. The average Bonchev–Trinajstić information content (AvgIpc) is 3.24. The zero-order valence-electron chi connectivity index (χ0n) is 21.3. The zero-order valence-corrected chi connectivity index (χ0v) is 22.1. The number of alkyl carbamates (subject to hydrolysis) is 1. The molecule has 2 unspecified atom stereocenters. The molecule has 0 fully saturated rings. The molecule has 7 nitrogen and oxygen atoms in total. The number of thiazole rings is 1. The maximum atomic E-state index is 12.4. The third-order valence-electron chi connectivity index (χ3n) is 6.14. The topological polar surface area (TPSA) is 74.8 Å². The van der Waals surface area contributed by atoms with E-state index in [1.54, 1.807) is 18.3 Å². The fraction of sp³-hybridized carbons (Fsp3) is 0.577. The first kappa shape index (κ1) is 26.2. The van der Waals surface area contributed by atoms with E-state index in [9.17, 15) is 9.59 Å². The van der Waals surface area contributed by atoms with E-state index in [2.05, 4.69) is 35.5 Å². The van der Waals surface area contributed by atoms with Crippen LogP contribution < -0.4 is 10.2 Å². The minimum absolute atomic E-state index is 0.00705. The van der Waals surface area contributed by atoms with Gasteiger partial charge in [-0.25, -0.2) is 9.78 Å². The zero-order chi connectivity index (χ0) is 24.8. The van der Waals surface area contributed by atoms with Gasteiger partial charge in [-0.2, -0.15) is 0 Å². The Hall–Kier alpha value is -2.45. The first-order valence-corrected chi connectivity index (χ1v) is 13.2. The van der Waals surface area contributed by atoms with Crippen LogP contribution in [0.4, 0.5) is 10.5 Å². The van der Waals surface area contributed by atoms with Crippen LogP contribution in [-0.2, 0) is 16.1 Å². The summed E-state index contributed by atoms with van der Waals surface area (Å²) in [6.45, 7) is 14.6. The van der Waals surface area contributed by atoms with Crippen LogP contribution in [0.1, 0.15) is 77.4 Å². The van der Waals surface area contributed by atoms with E-state index in [4.69, 9.17) is 9.72 Å². The maximum absolute atomic E-state index is 12.4. The largest absolute Gasteiger partial charge is 0.447 e. The molecule has 3 rings (SSSR count). The maximum Gasteiger partial charge on any atom is 0.407 e. The number of amides is 2. The van der Waals surface area contributed by atoms with Crippen molar-refractivity contribution < 1.29 is 14.3 Å². The molecule has 0 aliphatic carbocycles. The highest BCUT2D eigenvalue weighted by atomic mass is 32.1. The molecule has 1 N–H and O–H groups in total. The number of nitrogens with one attached hydrogen (secondary N) is 1. The first-order chi connectivity index (χ1) is 16.2. The Bertz CT molecular complexity index is 990. The fourth-order valence-electron chi connectivity index (χ4n) is 4.47. The minimum atomic E-state index is -0.442. The standard InChI is InChI=1S/C26H38N4O3S/c1-7-9-12-29(8-2)15-25-27-23(16-34-25)20-10-11-24-21(14-20)22(28-26(32)33-17(3)4)13-18(5)30(24)19(6)31/h10-11,14,16-18,22H,7-9,12-13,15H2,1-6H3,(H,28,32). The monoisotopic (exact) mass is 486 g/mol. The number of anilines is 1. The molecule has 0 saturated heterocycles. The van der Waals surface area contributed by atoms with E-state index in [0.717, 1.165) is 47.2 Å². The van der Waals surface area contributed by atoms with Crippen molar-refractivity contribution in [2.45, 2.75) is 85.5 Å². The molecule has 2 amide bonds. The Morgan fingerprint density at radius 1 is 1.32 bits per heavy atom. The average molecular weight is 487 g/mol. The van der Waals surface area contributed by atoms with Crippen LogP contribution in [0.5, 0.6) is 0 Å². The van der Waals surface area contributed by atoms with Crippen molar-refractivity contribution in [3.8, 4) is 11.3 Å². The summed E-state index contributed by atoms with van der Waals surface area (Å²) in [5.74, 6) is -0.00705. The Balaban J connectivity index is 1.89. The van der Waals surface area contributed by atoms with Crippen molar-refractivity contribution in [3.63, 3.8) is 0 Å². The summed E-state index contributed by atoms with van der Waals surface area (Å²) in [7, 11) is 0. The number of fused-ring (bicyclic) bond motifs is 1. The summed E-state index contributed by atoms with van der Waals surface area (Å²) in [5.41, 5.74) is 3.65. The SMILES string of the molecule is CCCCN(CC)Cc1nc(-c2ccc3c(c2)C(NC(=O)OC(C)C)CC(C)N3C(C)=O)cs1. The van der Waals surface area contributed by atoms with Crippen LogP contribution in [0.2, 0.25) is 0 Å². The number of aromatic nitrogens is 1. The van der Waals surface area contributed by atoms with Crippen LogP contribution >= 0.6 is 11.3 Å². The minimum Gasteiger partial charge on any atom is -0.447 e. The molecular weight excluding hydrogens is 448 g/mol. The quantitative estimate of drug-likeness (QED) is 0.488. The molecule has 0 bridgehead atoms. The van der Waals surface area contributed by atoms with E-state index < -0.39 is 6.09 Å². The van der Waals surface area contributed by atoms with Crippen LogP contribution in [0.15, 0.2) is 23.6 Å². The summed E-state index contributed by atoms with van der Waals surface area (Å²) in [4.78, 5) is 33.9. The predicted octanol–water partition coefficient (Wildman–Crippen LogP) is 5.75. The number of nitrogens with zero attached hydrogens (tertiary/aromatic N) is 3. The molecule has 0 saturated carbocycles. The number of ether oxygens (including phenoxy) is 1. The van der Waals surface area contributed by atoms with Crippen molar-refractivity contribution in [1.82, 2.24) is 15.2 Å². The fourth-order valence-corrected chi connectivity index (χ4v) is 5.31. The number of hydrogen-bond acceptors (Lipinski definition) is 6. The van der Waals surface area contributed by atoms with E-state index >= 15 is 0 Å². The van der Waals surface area contributed by atoms with E-state index in [1.807, 2.05) is 37.8 Å². The van der Waals surface area contributed by atoms with Gasteiger partial charge in [0.2, 0.25) is 5.91 Å². The van der Waals surface area contributed by atoms with Crippen molar-refractivity contribution in [1.29, 1.82) is 0 Å². The van der Waals surface area contributed by atoms with Crippen LogP contribution in [-0.4, -0.2) is 47.1 Å². The number of carbonyl (C=O) groups is 2. The third-order valence-corrected chi connectivity index (χ3v) is 6.97. The summed E-state index contributed by atoms with van der Waals surface area (Å²) < 4.78 is 5.33. The summed E-state index contributed by atoms with van der Waals surface area (Å²) >= 11 is 1.68. The molecule has 1 aliphatic heterocycles.